The number of aromatic carboxylic acids is 1. The van der Waals surface area contributed by atoms with Gasteiger partial charge in [-0.3, -0.25) is 4.79 Å². The third-order valence-corrected chi connectivity index (χ3v) is 6.11. The second kappa shape index (κ2) is 8.26. The average Bonchev–Trinajstić information content (AvgIpc) is 2.83. The van der Waals surface area contributed by atoms with Crippen LogP contribution in [-0.4, -0.2) is 35.3 Å². The molecule has 9 heteroatoms. The van der Waals surface area contributed by atoms with E-state index >= 15 is 4.39 Å². The van der Waals surface area contributed by atoms with Gasteiger partial charge in [-0.05, 0) is 18.4 Å². The molecule has 3 aromatic carbocycles. The van der Waals surface area contributed by atoms with E-state index in [1.165, 1.54) is 6.20 Å². The summed E-state index contributed by atoms with van der Waals surface area (Å²) in [5.74, 6) is -2.08. The number of halogens is 1. The van der Waals surface area contributed by atoms with E-state index in [-0.39, 0.29) is 35.0 Å². The van der Waals surface area contributed by atoms with Gasteiger partial charge in [0.2, 0.25) is 5.43 Å². The van der Waals surface area contributed by atoms with Gasteiger partial charge in [-0.25, -0.2) is 9.18 Å². The van der Waals surface area contributed by atoms with Crippen molar-refractivity contribution in [1.29, 1.82) is 0 Å². The fourth-order valence-electron chi connectivity index (χ4n) is 4.42. The predicted octanol–water partition coefficient (Wildman–Crippen LogP) is 4.05. The molecule has 1 unspecified atom stereocenters. The summed E-state index contributed by atoms with van der Waals surface area (Å²) in [6.07, 6.45) is 1.27. The fourth-order valence-corrected chi connectivity index (χ4v) is 4.42. The highest BCUT2D eigenvalue weighted by Crippen LogP contribution is 2.43. The first-order chi connectivity index (χ1) is 16.4. The number of carbonyl (C=O) groups is 1. The minimum absolute atomic E-state index is 0.0489. The lowest BCUT2D eigenvalue weighted by Crippen LogP contribution is -2.28. The molecule has 0 saturated heterocycles. The summed E-state index contributed by atoms with van der Waals surface area (Å²) in [6, 6.07) is 13.7. The molecule has 0 aliphatic carbocycles. The molecular formula is C25H23FN4O4. The van der Waals surface area contributed by atoms with Crippen molar-refractivity contribution in [2.24, 2.45) is 0 Å². The Balaban J connectivity index is 1.49. The fraction of sp³-hybridized carbons (Fsp3) is 0.200. The quantitative estimate of drug-likeness (QED) is 0.252. The van der Waals surface area contributed by atoms with Crippen LogP contribution in [0.4, 0.5) is 21.5 Å². The molecule has 0 fully saturated rings. The van der Waals surface area contributed by atoms with E-state index in [0.29, 0.717) is 13.1 Å². The third kappa shape index (κ3) is 3.37. The van der Waals surface area contributed by atoms with Gasteiger partial charge in [0, 0.05) is 30.4 Å². The zero-order valence-corrected chi connectivity index (χ0v) is 18.4. The van der Waals surface area contributed by atoms with E-state index < -0.39 is 28.5 Å². The highest BCUT2D eigenvalue weighted by molar-refractivity contribution is 6.03. The number of hydrogen-bond donors (Lipinski definition) is 4. The van der Waals surface area contributed by atoms with Crippen LogP contribution in [0.2, 0.25) is 0 Å². The number of nitrogens with two attached hydrogens (primary N) is 1. The Morgan fingerprint density at radius 3 is 2.74 bits per heavy atom. The van der Waals surface area contributed by atoms with Gasteiger partial charge in [0.25, 0.3) is 0 Å². The average molecular weight is 462 g/mol. The number of ether oxygens (including phenoxy) is 1. The zero-order chi connectivity index (χ0) is 24.0. The van der Waals surface area contributed by atoms with Crippen molar-refractivity contribution in [3.05, 3.63) is 70.3 Å². The van der Waals surface area contributed by atoms with Gasteiger partial charge in [0.05, 0.1) is 22.6 Å². The molecule has 0 bridgehead atoms. The Kier molecular flexibility index (Phi) is 5.24. The van der Waals surface area contributed by atoms with Crippen LogP contribution >= 0.6 is 0 Å². The number of carboxylic acids is 1. The van der Waals surface area contributed by atoms with E-state index in [1.807, 2.05) is 49.4 Å². The van der Waals surface area contributed by atoms with Gasteiger partial charge in [-0.1, -0.05) is 36.4 Å². The van der Waals surface area contributed by atoms with Crippen LogP contribution < -0.4 is 26.5 Å². The minimum atomic E-state index is -1.39. The third-order valence-electron chi connectivity index (χ3n) is 6.11. The maximum atomic E-state index is 15.3. The molecule has 0 radical (unpaired) electrons. The molecule has 5 rings (SSSR count). The molecule has 0 spiro atoms. The number of nitrogens with zero attached hydrogens (tertiary/aromatic N) is 1. The Bertz CT molecular complexity index is 1510. The number of anilines is 3. The lowest BCUT2D eigenvalue weighted by atomic mass is 10.0. The number of nitrogen functional groups attached to an aromatic ring is 1. The van der Waals surface area contributed by atoms with Crippen LogP contribution in [0.25, 0.3) is 21.7 Å². The molecule has 174 valence electrons. The molecule has 2 heterocycles. The first-order valence-electron chi connectivity index (χ1n) is 10.9. The molecule has 1 atom stereocenters. The number of benzene rings is 3. The first kappa shape index (κ1) is 21.6. The summed E-state index contributed by atoms with van der Waals surface area (Å²) >= 11 is 0. The molecular weight excluding hydrogens is 439 g/mol. The summed E-state index contributed by atoms with van der Waals surface area (Å²) in [5.41, 5.74) is 5.62. The van der Waals surface area contributed by atoms with Gasteiger partial charge in [0.1, 0.15) is 17.9 Å². The van der Waals surface area contributed by atoms with Gasteiger partial charge in [-0.15, -0.1) is 0 Å². The number of hydrogen-bond acceptors (Lipinski definition) is 6. The Hall–Kier alpha value is -4.27. The summed E-state index contributed by atoms with van der Waals surface area (Å²) in [7, 11) is 0. The summed E-state index contributed by atoms with van der Waals surface area (Å²) in [4.78, 5) is 24.4. The molecule has 1 aromatic heterocycles. The zero-order valence-electron chi connectivity index (χ0n) is 18.4. The van der Waals surface area contributed by atoms with Crippen molar-refractivity contribution in [3.8, 4) is 5.75 Å². The summed E-state index contributed by atoms with van der Waals surface area (Å²) in [6.45, 7) is 2.83. The van der Waals surface area contributed by atoms with Crippen molar-refractivity contribution in [1.82, 2.24) is 4.57 Å². The Morgan fingerprint density at radius 2 is 1.94 bits per heavy atom. The number of aromatic nitrogens is 1. The van der Waals surface area contributed by atoms with Gasteiger partial charge < -0.3 is 30.8 Å². The van der Waals surface area contributed by atoms with Crippen molar-refractivity contribution in [2.45, 2.75) is 13.0 Å². The molecule has 0 saturated carbocycles. The number of pyridine rings is 1. The van der Waals surface area contributed by atoms with Crippen molar-refractivity contribution < 1.29 is 19.0 Å². The van der Waals surface area contributed by atoms with Crippen LogP contribution in [0.3, 0.4) is 0 Å². The minimum Gasteiger partial charge on any atom is -0.487 e. The molecule has 34 heavy (non-hydrogen) atoms. The second-order valence-corrected chi connectivity index (χ2v) is 8.28. The van der Waals surface area contributed by atoms with E-state index in [2.05, 4.69) is 10.6 Å². The predicted molar refractivity (Wildman–Crippen MR) is 131 cm³/mol. The second-order valence-electron chi connectivity index (χ2n) is 8.28. The maximum Gasteiger partial charge on any atom is 0.341 e. The van der Waals surface area contributed by atoms with Crippen LogP contribution in [-0.2, 0) is 0 Å². The monoisotopic (exact) mass is 462 g/mol. The van der Waals surface area contributed by atoms with Gasteiger partial charge in [0.15, 0.2) is 11.6 Å². The number of nitrogens with one attached hydrogen (secondary N) is 2. The molecule has 0 amide bonds. The van der Waals surface area contributed by atoms with Crippen molar-refractivity contribution in [2.75, 3.05) is 36.1 Å². The van der Waals surface area contributed by atoms with Crippen LogP contribution in [0.5, 0.6) is 5.75 Å². The molecule has 1 aliphatic heterocycles. The smallest absolute Gasteiger partial charge is 0.341 e. The number of rotatable bonds is 6. The highest BCUT2D eigenvalue weighted by Gasteiger charge is 2.30. The SMILES string of the molecule is CC1COc2c(NCCNc3cccc4ccccc34)c(F)c(N)c3c(=O)c(C(=O)O)cn1c23. The largest absolute Gasteiger partial charge is 0.487 e. The number of fused-ring (bicyclic) bond motifs is 1. The lowest BCUT2D eigenvalue weighted by Gasteiger charge is -2.29. The van der Waals surface area contributed by atoms with Crippen LogP contribution in [0, 0.1) is 5.82 Å². The van der Waals surface area contributed by atoms with Crippen molar-refractivity contribution in [3.63, 3.8) is 0 Å². The Morgan fingerprint density at radius 1 is 1.21 bits per heavy atom. The normalized spacial score (nSPS) is 14.7. The highest BCUT2D eigenvalue weighted by atomic mass is 19.1. The van der Waals surface area contributed by atoms with Gasteiger partial charge >= 0.3 is 5.97 Å². The van der Waals surface area contributed by atoms with E-state index in [0.717, 1.165) is 16.5 Å². The Labute approximate surface area is 193 Å². The topological polar surface area (TPSA) is 119 Å². The number of carboxylic acid groups (broad SMARTS) is 1. The molecule has 4 aromatic rings. The molecule has 1 aliphatic rings. The van der Waals surface area contributed by atoms with E-state index in [9.17, 15) is 14.7 Å². The standard InChI is InChI=1S/C25H23FN4O4/c1-13-12-34-24-21(29-10-9-28-17-8-4-6-14-5-2-3-7-15(14)17)19(26)20(27)18-22(24)30(13)11-16(23(18)31)25(32)33/h2-8,11,13,28-29H,9-10,12,27H2,1H3,(H,32,33). The molecule has 5 N–H and O–H groups in total. The summed E-state index contributed by atoms with van der Waals surface area (Å²) < 4.78 is 22.8. The van der Waals surface area contributed by atoms with Crippen molar-refractivity contribution >= 4 is 44.7 Å². The van der Waals surface area contributed by atoms with E-state index in [1.54, 1.807) is 4.57 Å². The van der Waals surface area contributed by atoms with Gasteiger partial charge in [-0.2, -0.15) is 0 Å². The van der Waals surface area contributed by atoms with E-state index in [4.69, 9.17) is 10.5 Å². The maximum absolute atomic E-state index is 15.3. The molecule has 8 nitrogen and oxygen atoms in total. The summed E-state index contributed by atoms with van der Waals surface area (Å²) in [5, 5.41) is 17.8. The first-order valence-corrected chi connectivity index (χ1v) is 10.9. The van der Waals surface area contributed by atoms with Crippen LogP contribution in [0.1, 0.15) is 23.3 Å². The van der Waals surface area contributed by atoms with Crippen LogP contribution in [0.15, 0.2) is 53.5 Å². The lowest BCUT2D eigenvalue weighted by molar-refractivity contribution is 0.0694.